The Labute approximate surface area is 113 Å². The zero-order valence-corrected chi connectivity index (χ0v) is 11.6. The van der Waals surface area contributed by atoms with Crippen molar-refractivity contribution >= 4 is 10.2 Å². The van der Waals surface area contributed by atoms with E-state index in [1.54, 1.807) is 18.7 Å². The Balaban J connectivity index is 1.78. The number of hydrogen-bond acceptors (Lipinski definition) is 4. The Kier molecular flexibility index (Phi) is 4.92. The van der Waals surface area contributed by atoms with Crippen molar-refractivity contribution in [2.45, 2.75) is 19.4 Å². The average molecular weight is 288 g/mol. The lowest BCUT2D eigenvalue weighted by Crippen LogP contribution is -2.46. The predicted octanol–water partition coefficient (Wildman–Crippen LogP) is -0.578. The standard InChI is InChI=1S/C11H20N4O3S/c16-9-11-1-5-15(6-2-11)19(17,18)13-4-8-14-7-3-12-10-14/h3,7,10-11,13,16H,1-2,4-6,8-9H2. The van der Waals surface area contributed by atoms with Crippen LogP contribution in [0.4, 0.5) is 0 Å². The maximum absolute atomic E-state index is 12.0. The van der Waals surface area contributed by atoms with E-state index in [1.165, 1.54) is 4.31 Å². The Bertz CT molecular complexity index is 466. The van der Waals surface area contributed by atoms with Crippen LogP contribution in [0.1, 0.15) is 12.8 Å². The molecule has 1 aliphatic heterocycles. The van der Waals surface area contributed by atoms with Gasteiger partial charge in [-0.3, -0.25) is 0 Å². The van der Waals surface area contributed by atoms with Crippen molar-refractivity contribution in [3.05, 3.63) is 18.7 Å². The minimum atomic E-state index is -3.40. The summed E-state index contributed by atoms with van der Waals surface area (Å²) >= 11 is 0. The maximum Gasteiger partial charge on any atom is 0.279 e. The van der Waals surface area contributed by atoms with Crippen LogP contribution in [0, 0.1) is 5.92 Å². The van der Waals surface area contributed by atoms with E-state index >= 15 is 0 Å². The first kappa shape index (κ1) is 14.4. The zero-order valence-electron chi connectivity index (χ0n) is 10.8. The molecule has 1 aromatic rings. The average Bonchev–Trinajstić information content (AvgIpc) is 2.92. The molecule has 2 N–H and O–H groups in total. The first-order valence-corrected chi connectivity index (χ1v) is 7.87. The van der Waals surface area contributed by atoms with Crippen molar-refractivity contribution in [2.24, 2.45) is 5.92 Å². The molecule has 8 heteroatoms. The molecule has 0 unspecified atom stereocenters. The highest BCUT2D eigenvalue weighted by atomic mass is 32.2. The van der Waals surface area contributed by atoms with Crippen molar-refractivity contribution in [1.29, 1.82) is 0 Å². The molecule has 1 saturated heterocycles. The highest BCUT2D eigenvalue weighted by Crippen LogP contribution is 2.18. The molecule has 1 aromatic heterocycles. The highest BCUT2D eigenvalue weighted by Gasteiger charge is 2.27. The third kappa shape index (κ3) is 4.00. The molecule has 2 heterocycles. The number of aliphatic hydroxyl groups is 1. The second-order valence-electron chi connectivity index (χ2n) is 4.72. The highest BCUT2D eigenvalue weighted by molar-refractivity contribution is 7.87. The van der Waals surface area contributed by atoms with Crippen LogP contribution in [0.5, 0.6) is 0 Å². The van der Waals surface area contributed by atoms with Crippen molar-refractivity contribution in [2.75, 3.05) is 26.2 Å². The summed E-state index contributed by atoms with van der Waals surface area (Å²) in [7, 11) is -3.40. The number of piperidine rings is 1. The van der Waals surface area contributed by atoms with Gasteiger partial charge in [0.15, 0.2) is 0 Å². The van der Waals surface area contributed by atoms with Crippen LogP contribution in [0.25, 0.3) is 0 Å². The van der Waals surface area contributed by atoms with Gasteiger partial charge in [0.05, 0.1) is 6.33 Å². The van der Waals surface area contributed by atoms with E-state index in [1.807, 2.05) is 4.57 Å². The van der Waals surface area contributed by atoms with Crippen molar-refractivity contribution in [3.8, 4) is 0 Å². The topological polar surface area (TPSA) is 87.5 Å². The predicted molar refractivity (Wildman–Crippen MR) is 70.5 cm³/mol. The van der Waals surface area contributed by atoms with E-state index in [-0.39, 0.29) is 12.5 Å². The second-order valence-corrected chi connectivity index (χ2v) is 6.48. The van der Waals surface area contributed by atoms with E-state index in [0.29, 0.717) is 26.2 Å². The molecular formula is C11H20N4O3S. The number of aromatic nitrogens is 2. The third-order valence-corrected chi connectivity index (χ3v) is 5.00. The fourth-order valence-corrected chi connectivity index (χ4v) is 3.37. The molecule has 19 heavy (non-hydrogen) atoms. The van der Waals surface area contributed by atoms with Crippen LogP contribution in [0.2, 0.25) is 0 Å². The molecule has 0 radical (unpaired) electrons. The molecule has 1 aliphatic rings. The molecule has 0 aromatic carbocycles. The molecule has 0 atom stereocenters. The van der Waals surface area contributed by atoms with Gasteiger partial charge in [-0.2, -0.15) is 12.7 Å². The lowest BCUT2D eigenvalue weighted by atomic mass is 10.00. The molecule has 0 bridgehead atoms. The van der Waals surface area contributed by atoms with Crippen molar-refractivity contribution in [3.63, 3.8) is 0 Å². The number of nitrogens with zero attached hydrogens (tertiary/aromatic N) is 3. The van der Waals surface area contributed by atoms with E-state index in [2.05, 4.69) is 9.71 Å². The van der Waals surface area contributed by atoms with Gasteiger partial charge in [0.2, 0.25) is 0 Å². The summed E-state index contributed by atoms with van der Waals surface area (Å²) in [6.45, 7) is 2.00. The van der Waals surface area contributed by atoms with Crippen LogP contribution in [-0.4, -0.2) is 53.6 Å². The fourth-order valence-electron chi connectivity index (χ4n) is 2.15. The molecule has 0 spiro atoms. The third-order valence-electron chi connectivity index (χ3n) is 3.39. The largest absolute Gasteiger partial charge is 0.396 e. The molecule has 0 saturated carbocycles. The molecule has 7 nitrogen and oxygen atoms in total. The van der Waals surface area contributed by atoms with Crippen LogP contribution < -0.4 is 4.72 Å². The molecule has 1 fully saturated rings. The Morgan fingerprint density at radius 2 is 2.11 bits per heavy atom. The van der Waals surface area contributed by atoms with Gasteiger partial charge in [-0.25, -0.2) is 9.71 Å². The number of imidazole rings is 1. The zero-order chi connectivity index (χ0) is 13.7. The van der Waals surface area contributed by atoms with Gasteiger partial charge < -0.3 is 9.67 Å². The number of nitrogens with one attached hydrogen (secondary N) is 1. The van der Waals surface area contributed by atoms with E-state index in [4.69, 9.17) is 5.11 Å². The van der Waals surface area contributed by atoms with E-state index < -0.39 is 10.2 Å². The lowest BCUT2D eigenvalue weighted by Gasteiger charge is -2.30. The van der Waals surface area contributed by atoms with Gasteiger partial charge in [-0.05, 0) is 18.8 Å². The molecule has 0 aliphatic carbocycles. The number of aliphatic hydroxyl groups excluding tert-OH is 1. The van der Waals surface area contributed by atoms with E-state index in [0.717, 1.165) is 12.8 Å². The van der Waals surface area contributed by atoms with Gasteiger partial charge in [-0.1, -0.05) is 0 Å². The Morgan fingerprint density at radius 1 is 1.37 bits per heavy atom. The number of hydrogen-bond donors (Lipinski definition) is 2. The normalized spacial score (nSPS) is 18.8. The van der Waals surface area contributed by atoms with Gasteiger partial charge in [0, 0.05) is 45.2 Å². The summed E-state index contributed by atoms with van der Waals surface area (Å²) in [5.41, 5.74) is 0. The fraction of sp³-hybridized carbons (Fsp3) is 0.727. The van der Waals surface area contributed by atoms with Gasteiger partial charge in [0.25, 0.3) is 10.2 Å². The summed E-state index contributed by atoms with van der Waals surface area (Å²) in [6.07, 6.45) is 6.55. The van der Waals surface area contributed by atoms with Crippen LogP contribution in [0.3, 0.4) is 0 Å². The Morgan fingerprint density at radius 3 is 2.68 bits per heavy atom. The summed E-state index contributed by atoms with van der Waals surface area (Å²) in [5.74, 6) is 0.234. The second kappa shape index (κ2) is 6.47. The first-order valence-electron chi connectivity index (χ1n) is 6.43. The molecule has 108 valence electrons. The summed E-state index contributed by atoms with van der Waals surface area (Å²) in [4.78, 5) is 3.90. The minimum Gasteiger partial charge on any atom is -0.396 e. The number of rotatable bonds is 6. The van der Waals surface area contributed by atoms with Gasteiger partial charge >= 0.3 is 0 Å². The van der Waals surface area contributed by atoms with Crippen molar-refractivity contribution in [1.82, 2.24) is 18.6 Å². The lowest BCUT2D eigenvalue weighted by molar-refractivity contribution is 0.169. The van der Waals surface area contributed by atoms with Crippen LogP contribution in [-0.2, 0) is 16.8 Å². The summed E-state index contributed by atoms with van der Waals surface area (Å²) in [5, 5.41) is 9.03. The quantitative estimate of drug-likeness (QED) is 0.733. The first-order chi connectivity index (χ1) is 9.12. The summed E-state index contributed by atoms with van der Waals surface area (Å²) in [6, 6.07) is 0. The van der Waals surface area contributed by atoms with Crippen LogP contribution in [0.15, 0.2) is 18.7 Å². The smallest absolute Gasteiger partial charge is 0.279 e. The summed E-state index contributed by atoms with van der Waals surface area (Å²) < 4.78 is 29.9. The monoisotopic (exact) mass is 288 g/mol. The molecular weight excluding hydrogens is 268 g/mol. The maximum atomic E-state index is 12.0. The van der Waals surface area contributed by atoms with Crippen molar-refractivity contribution < 1.29 is 13.5 Å². The molecule has 2 rings (SSSR count). The SMILES string of the molecule is O=S(=O)(NCCn1ccnc1)N1CCC(CO)CC1. The van der Waals surface area contributed by atoms with E-state index in [9.17, 15) is 8.42 Å². The van der Waals surface area contributed by atoms with Crippen LogP contribution >= 0.6 is 0 Å². The van der Waals surface area contributed by atoms with Gasteiger partial charge in [-0.15, -0.1) is 0 Å². The Hall–Kier alpha value is -0.960. The minimum absolute atomic E-state index is 0.141. The van der Waals surface area contributed by atoms with Gasteiger partial charge in [0.1, 0.15) is 0 Å². The molecule has 0 amide bonds.